The highest BCUT2D eigenvalue weighted by Gasteiger charge is 2.29. The van der Waals surface area contributed by atoms with Crippen molar-refractivity contribution < 1.29 is 17.9 Å². The van der Waals surface area contributed by atoms with Crippen molar-refractivity contribution >= 4 is 49.8 Å². The van der Waals surface area contributed by atoms with E-state index in [4.69, 9.17) is 4.74 Å². The first-order valence-electron chi connectivity index (χ1n) is 9.06. The molecule has 2 heterocycles. The Kier molecular flexibility index (Phi) is 7.33. The fraction of sp³-hybridized carbons (Fsp3) is 0.471. The van der Waals surface area contributed by atoms with Crippen LogP contribution in [-0.2, 0) is 14.8 Å². The summed E-state index contributed by atoms with van der Waals surface area (Å²) in [5, 5.41) is 14.2. The number of sulfonamides is 1. The second-order valence-corrected chi connectivity index (χ2v) is 10.4. The van der Waals surface area contributed by atoms with Gasteiger partial charge in [0.05, 0.1) is 12.9 Å². The lowest BCUT2D eigenvalue weighted by Gasteiger charge is -2.26. The largest absolute Gasteiger partial charge is 0.495 e. The third-order valence-corrected chi connectivity index (χ3v) is 8.32. The molecule has 1 aliphatic heterocycles. The summed E-state index contributed by atoms with van der Waals surface area (Å²) >= 11 is 2.62. The molecule has 1 amide bonds. The van der Waals surface area contributed by atoms with Gasteiger partial charge in [-0.2, -0.15) is 4.31 Å². The molecule has 0 atom stereocenters. The second kappa shape index (κ2) is 9.74. The van der Waals surface area contributed by atoms with E-state index in [9.17, 15) is 13.2 Å². The predicted molar refractivity (Wildman–Crippen MR) is 114 cm³/mol. The summed E-state index contributed by atoms with van der Waals surface area (Å²) in [4.78, 5) is 12.4. The Hall–Kier alpha value is -1.89. The molecule has 9 nitrogen and oxygen atoms in total. The van der Waals surface area contributed by atoms with E-state index in [0.717, 1.165) is 19.3 Å². The highest BCUT2D eigenvalue weighted by atomic mass is 32.2. The van der Waals surface area contributed by atoms with Gasteiger partial charge in [0, 0.05) is 25.8 Å². The molecule has 0 saturated carbocycles. The number of amides is 1. The predicted octanol–water partition coefficient (Wildman–Crippen LogP) is 2.49. The molecule has 0 aliphatic carbocycles. The fourth-order valence-corrected chi connectivity index (χ4v) is 6.10. The summed E-state index contributed by atoms with van der Waals surface area (Å²) in [6.07, 6.45) is 2.72. The van der Waals surface area contributed by atoms with Crippen LogP contribution >= 0.6 is 23.1 Å². The summed E-state index contributed by atoms with van der Waals surface area (Å²) in [7, 11) is -0.508. The van der Waals surface area contributed by atoms with Gasteiger partial charge in [0.15, 0.2) is 4.34 Å². The number of carbonyl (C=O) groups is 1. The molecule has 0 spiro atoms. The third-order valence-electron chi connectivity index (χ3n) is 4.33. The van der Waals surface area contributed by atoms with Crippen LogP contribution in [0.3, 0.4) is 0 Å². The SMILES string of the molecule is CNc1nnc(SCC(=O)Nc2ccc(OC)c(S(=O)(=O)N3CCCCC3)c2)s1. The zero-order valence-electron chi connectivity index (χ0n) is 16.2. The molecule has 1 fully saturated rings. The average Bonchev–Trinajstić information content (AvgIpc) is 3.21. The van der Waals surface area contributed by atoms with E-state index in [1.807, 2.05) is 0 Å². The molecule has 1 saturated heterocycles. The topological polar surface area (TPSA) is 114 Å². The Morgan fingerprint density at radius 2 is 2.03 bits per heavy atom. The lowest BCUT2D eigenvalue weighted by Crippen LogP contribution is -2.35. The van der Waals surface area contributed by atoms with Crippen LogP contribution in [0.1, 0.15) is 19.3 Å². The zero-order valence-corrected chi connectivity index (χ0v) is 18.6. The van der Waals surface area contributed by atoms with Crippen molar-refractivity contribution in [1.29, 1.82) is 0 Å². The minimum Gasteiger partial charge on any atom is -0.495 e. The molecule has 3 rings (SSSR count). The number of rotatable bonds is 8. The zero-order chi connectivity index (χ0) is 20.9. The number of benzene rings is 1. The van der Waals surface area contributed by atoms with E-state index < -0.39 is 10.0 Å². The van der Waals surface area contributed by atoms with Crippen molar-refractivity contribution in [2.24, 2.45) is 0 Å². The lowest BCUT2D eigenvalue weighted by atomic mass is 10.2. The molecule has 29 heavy (non-hydrogen) atoms. The van der Waals surface area contributed by atoms with Crippen molar-refractivity contribution in [3.8, 4) is 5.75 Å². The maximum absolute atomic E-state index is 13.1. The van der Waals surface area contributed by atoms with Gasteiger partial charge in [0.2, 0.25) is 21.1 Å². The first-order chi connectivity index (χ1) is 13.9. The van der Waals surface area contributed by atoms with E-state index in [2.05, 4.69) is 20.8 Å². The standard InChI is InChI=1S/C17H23N5O4S3/c1-18-16-20-21-17(28-16)27-11-15(23)19-12-6-7-13(26-2)14(10-12)29(24,25)22-8-4-3-5-9-22/h6-7,10H,3-5,8-9,11H2,1-2H3,(H,18,20)(H,19,23). The molecule has 158 valence electrons. The molecule has 0 bridgehead atoms. The molecule has 0 unspecified atom stereocenters. The van der Waals surface area contributed by atoms with Crippen molar-refractivity contribution in [1.82, 2.24) is 14.5 Å². The molecule has 1 aromatic carbocycles. The maximum Gasteiger partial charge on any atom is 0.246 e. The molecule has 12 heteroatoms. The number of anilines is 2. The lowest BCUT2D eigenvalue weighted by molar-refractivity contribution is -0.113. The summed E-state index contributed by atoms with van der Waals surface area (Å²) in [5.41, 5.74) is 0.403. The van der Waals surface area contributed by atoms with Gasteiger partial charge in [-0.1, -0.05) is 29.5 Å². The second-order valence-electron chi connectivity index (χ2n) is 6.29. The number of hydrogen-bond donors (Lipinski definition) is 2. The highest BCUT2D eigenvalue weighted by Crippen LogP contribution is 2.31. The summed E-state index contributed by atoms with van der Waals surface area (Å²) in [6.45, 7) is 0.990. The van der Waals surface area contributed by atoms with E-state index in [-0.39, 0.29) is 22.3 Å². The smallest absolute Gasteiger partial charge is 0.246 e. The van der Waals surface area contributed by atoms with E-state index in [1.54, 1.807) is 19.2 Å². The maximum atomic E-state index is 13.1. The summed E-state index contributed by atoms with van der Waals surface area (Å²) in [5.74, 6) is 0.137. The number of hydrogen-bond acceptors (Lipinski definition) is 9. The van der Waals surface area contributed by atoms with Crippen LogP contribution in [-0.4, -0.2) is 61.8 Å². The Labute approximate surface area is 178 Å². The number of thioether (sulfide) groups is 1. The van der Waals surface area contributed by atoms with Gasteiger partial charge in [0.1, 0.15) is 10.6 Å². The van der Waals surface area contributed by atoms with Gasteiger partial charge < -0.3 is 15.4 Å². The van der Waals surface area contributed by atoms with Crippen molar-refractivity contribution in [2.45, 2.75) is 28.5 Å². The number of carbonyl (C=O) groups excluding carboxylic acids is 1. The Balaban J connectivity index is 1.71. The van der Waals surface area contributed by atoms with E-state index in [1.165, 1.54) is 40.6 Å². The van der Waals surface area contributed by atoms with Crippen LogP contribution in [0.15, 0.2) is 27.4 Å². The molecular weight excluding hydrogens is 434 g/mol. The first kappa shape index (κ1) is 21.8. The van der Waals surface area contributed by atoms with Crippen molar-refractivity contribution in [3.05, 3.63) is 18.2 Å². The first-order valence-corrected chi connectivity index (χ1v) is 12.3. The van der Waals surface area contributed by atoms with Gasteiger partial charge >= 0.3 is 0 Å². The van der Waals surface area contributed by atoms with Crippen molar-refractivity contribution in [2.75, 3.05) is 43.6 Å². The van der Waals surface area contributed by atoms with Crippen molar-refractivity contribution in [3.63, 3.8) is 0 Å². The Morgan fingerprint density at radius 1 is 1.28 bits per heavy atom. The number of piperidine rings is 1. The summed E-state index contributed by atoms with van der Waals surface area (Å²) in [6, 6.07) is 4.64. The van der Waals surface area contributed by atoms with Crippen LogP contribution in [0.4, 0.5) is 10.8 Å². The average molecular weight is 458 g/mol. The van der Waals surface area contributed by atoms with E-state index >= 15 is 0 Å². The van der Waals surface area contributed by atoms with Crippen LogP contribution < -0.4 is 15.4 Å². The van der Waals surface area contributed by atoms with E-state index in [0.29, 0.717) is 28.2 Å². The van der Waals surface area contributed by atoms with Crippen LogP contribution in [0.25, 0.3) is 0 Å². The number of nitrogens with zero attached hydrogens (tertiary/aromatic N) is 3. The number of aromatic nitrogens is 2. The van der Waals surface area contributed by atoms with Crippen LogP contribution in [0.5, 0.6) is 5.75 Å². The molecule has 0 radical (unpaired) electrons. The van der Waals surface area contributed by atoms with Crippen LogP contribution in [0.2, 0.25) is 0 Å². The fourth-order valence-electron chi connectivity index (χ4n) is 2.89. The molecule has 2 N–H and O–H groups in total. The van der Waals surface area contributed by atoms with Gasteiger partial charge in [-0.15, -0.1) is 10.2 Å². The van der Waals surface area contributed by atoms with Crippen LogP contribution in [0, 0.1) is 0 Å². The Morgan fingerprint density at radius 3 is 2.69 bits per heavy atom. The number of ether oxygens (including phenoxy) is 1. The monoisotopic (exact) mass is 457 g/mol. The minimum atomic E-state index is -3.69. The minimum absolute atomic E-state index is 0.0649. The molecule has 1 aliphatic rings. The highest BCUT2D eigenvalue weighted by molar-refractivity contribution is 8.01. The van der Waals surface area contributed by atoms with Gasteiger partial charge in [-0.25, -0.2) is 8.42 Å². The quantitative estimate of drug-likeness (QED) is 0.581. The number of methoxy groups -OCH3 is 1. The molecular formula is C17H23N5O4S3. The van der Waals surface area contributed by atoms with Gasteiger partial charge in [0.25, 0.3) is 0 Å². The summed E-state index contributed by atoms with van der Waals surface area (Å²) < 4.78 is 33.5. The van der Waals surface area contributed by atoms with Gasteiger partial charge in [-0.05, 0) is 31.0 Å². The third kappa shape index (κ3) is 5.38. The molecule has 1 aromatic heterocycles. The normalized spacial score (nSPS) is 15.1. The molecule has 2 aromatic rings. The van der Waals surface area contributed by atoms with Gasteiger partial charge in [-0.3, -0.25) is 4.79 Å². The number of nitrogens with one attached hydrogen (secondary N) is 2. The Bertz CT molecular complexity index is 958.